The molecule has 0 bridgehead atoms. The maximum Gasteiger partial charge on any atom is 0.245 e. The topological polar surface area (TPSA) is 86.8 Å². The van der Waals surface area contributed by atoms with Crippen LogP contribution in [0.4, 0.5) is 0 Å². The van der Waals surface area contributed by atoms with Crippen LogP contribution in [0.25, 0.3) is 0 Å². The number of rotatable bonds is 9. The minimum Gasteiger partial charge on any atom is -0.344 e. The third kappa shape index (κ3) is 6.60. The molecule has 7 nitrogen and oxygen atoms in total. The molecular formula is C29H39N3O4S. The molecule has 8 heteroatoms. The van der Waals surface area contributed by atoms with Gasteiger partial charge in [0, 0.05) is 24.7 Å². The highest BCUT2D eigenvalue weighted by Gasteiger charge is 2.44. The van der Waals surface area contributed by atoms with Crippen molar-refractivity contribution in [2.75, 3.05) is 19.3 Å². The Morgan fingerprint density at radius 1 is 1.03 bits per heavy atom. The molecule has 4 atom stereocenters. The highest BCUT2D eigenvalue weighted by Crippen LogP contribution is 2.35. The van der Waals surface area contributed by atoms with Gasteiger partial charge < -0.3 is 15.1 Å². The summed E-state index contributed by atoms with van der Waals surface area (Å²) in [7, 11) is -1.41. The summed E-state index contributed by atoms with van der Waals surface area (Å²) < 4.78 is 26.7. The van der Waals surface area contributed by atoms with Crippen LogP contribution < -0.4 is 5.32 Å². The molecule has 0 radical (unpaired) electrons. The molecular weight excluding hydrogens is 486 g/mol. The Hall–Kier alpha value is -2.71. The molecule has 1 saturated heterocycles. The van der Waals surface area contributed by atoms with Crippen LogP contribution in [0, 0.1) is 5.92 Å². The van der Waals surface area contributed by atoms with Crippen molar-refractivity contribution >= 4 is 21.7 Å². The smallest absolute Gasteiger partial charge is 0.245 e. The molecule has 4 rings (SSSR count). The summed E-state index contributed by atoms with van der Waals surface area (Å²) in [5.41, 5.74) is 0.904. The van der Waals surface area contributed by atoms with E-state index in [-0.39, 0.29) is 42.0 Å². The first kappa shape index (κ1) is 27.3. The van der Waals surface area contributed by atoms with Gasteiger partial charge in [-0.05, 0) is 70.2 Å². The van der Waals surface area contributed by atoms with E-state index in [4.69, 9.17) is 0 Å². The molecule has 2 aromatic rings. The molecule has 0 aromatic heterocycles. The number of hydrogen-bond donors (Lipinski definition) is 1. The number of nitrogens with one attached hydrogen (secondary N) is 1. The first-order valence-corrected chi connectivity index (χ1v) is 14.9. The van der Waals surface area contributed by atoms with Crippen LogP contribution in [-0.4, -0.2) is 73.5 Å². The van der Waals surface area contributed by atoms with Crippen LogP contribution in [0.5, 0.6) is 0 Å². The molecule has 0 spiro atoms. The fourth-order valence-corrected chi connectivity index (χ4v) is 7.49. The number of likely N-dealkylation sites (tertiary alicyclic amines) is 1. The summed E-state index contributed by atoms with van der Waals surface area (Å²) in [6, 6.07) is 18.0. The van der Waals surface area contributed by atoms with Crippen molar-refractivity contribution < 1.29 is 18.0 Å². The minimum absolute atomic E-state index is 0.0128. The van der Waals surface area contributed by atoms with Crippen molar-refractivity contribution in [3.05, 3.63) is 66.2 Å². The standard InChI is InChI=1S/C29H39N3O4S/c1-21(2)31(3)24-14-15-27(23(19-24)20-37(35,36)25-12-8-5-9-13-25)32-17-16-26(29(32)34)30-28(33)18-22-10-6-4-7-11-22/h4-13,21,23-24,26-27H,14-20H2,1-3H3,(H,30,33)/t23-,24+,26?,27-/m0/s1. The monoisotopic (exact) mass is 525 g/mol. The molecule has 2 aromatic carbocycles. The summed E-state index contributed by atoms with van der Waals surface area (Å²) in [6.07, 6.45) is 3.17. The van der Waals surface area contributed by atoms with Gasteiger partial charge in [-0.15, -0.1) is 0 Å². The van der Waals surface area contributed by atoms with Gasteiger partial charge in [-0.25, -0.2) is 8.42 Å². The van der Waals surface area contributed by atoms with Gasteiger partial charge in [0.2, 0.25) is 11.8 Å². The quantitative estimate of drug-likeness (QED) is 0.543. The fraction of sp³-hybridized carbons (Fsp3) is 0.517. The zero-order valence-electron chi connectivity index (χ0n) is 22.0. The summed E-state index contributed by atoms with van der Waals surface area (Å²) in [5, 5.41) is 2.92. The van der Waals surface area contributed by atoms with E-state index in [1.165, 1.54) is 0 Å². The van der Waals surface area contributed by atoms with Gasteiger partial charge in [-0.3, -0.25) is 9.59 Å². The lowest BCUT2D eigenvalue weighted by atomic mass is 9.81. The second kappa shape index (κ2) is 11.8. The number of sulfone groups is 1. The summed E-state index contributed by atoms with van der Waals surface area (Å²) in [6.45, 7) is 4.83. The van der Waals surface area contributed by atoms with E-state index in [0.717, 1.165) is 24.8 Å². The van der Waals surface area contributed by atoms with Crippen molar-refractivity contribution in [3.8, 4) is 0 Å². The molecule has 1 aliphatic carbocycles. The van der Waals surface area contributed by atoms with Crippen molar-refractivity contribution in [2.45, 2.75) is 75.0 Å². The molecule has 2 fully saturated rings. The van der Waals surface area contributed by atoms with Gasteiger partial charge in [-0.2, -0.15) is 0 Å². The highest BCUT2D eigenvalue weighted by molar-refractivity contribution is 7.91. The first-order valence-electron chi connectivity index (χ1n) is 13.3. The Balaban J connectivity index is 1.48. The molecule has 1 unspecified atom stereocenters. The molecule has 1 aliphatic heterocycles. The maximum absolute atomic E-state index is 13.4. The largest absolute Gasteiger partial charge is 0.344 e. The Kier molecular flexibility index (Phi) is 8.70. The van der Waals surface area contributed by atoms with Crippen molar-refractivity contribution in [1.29, 1.82) is 0 Å². The molecule has 1 saturated carbocycles. The van der Waals surface area contributed by atoms with Crippen molar-refractivity contribution in [3.63, 3.8) is 0 Å². The average molecular weight is 526 g/mol. The van der Waals surface area contributed by atoms with Crippen molar-refractivity contribution in [1.82, 2.24) is 15.1 Å². The molecule has 2 amide bonds. The molecule has 200 valence electrons. The number of benzene rings is 2. The number of carbonyl (C=O) groups excluding carboxylic acids is 2. The van der Waals surface area contributed by atoms with Crippen LogP contribution in [0.3, 0.4) is 0 Å². The van der Waals surface area contributed by atoms with E-state index in [1.807, 2.05) is 41.3 Å². The molecule has 37 heavy (non-hydrogen) atoms. The lowest BCUT2D eigenvalue weighted by Gasteiger charge is -2.44. The average Bonchev–Trinajstić information content (AvgIpc) is 3.23. The van der Waals surface area contributed by atoms with Gasteiger partial charge in [0.25, 0.3) is 0 Å². The third-order valence-corrected chi connectivity index (χ3v) is 9.88. The minimum atomic E-state index is -3.50. The summed E-state index contributed by atoms with van der Waals surface area (Å²) in [5.74, 6) is -0.423. The van der Waals surface area contributed by atoms with Crippen LogP contribution in [-0.2, 0) is 25.8 Å². The lowest BCUT2D eigenvalue weighted by molar-refractivity contribution is -0.135. The van der Waals surface area contributed by atoms with Gasteiger partial charge in [0.15, 0.2) is 9.84 Å². The van der Waals surface area contributed by atoms with Gasteiger partial charge in [0.1, 0.15) is 6.04 Å². The maximum atomic E-state index is 13.4. The van der Waals surface area contributed by atoms with Crippen LogP contribution in [0.2, 0.25) is 0 Å². The van der Waals surface area contributed by atoms with E-state index in [9.17, 15) is 18.0 Å². The normalized spacial score (nSPS) is 24.6. The molecule has 1 heterocycles. The summed E-state index contributed by atoms with van der Waals surface area (Å²) in [4.78, 5) is 30.6. The molecule has 2 aliphatic rings. The van der Waals surface area contributed by atoms with Gasteiger partial charge in [-0.1, -0.05) is 48.5 Å². The van der Waals surface area contributed by atoms with Gasteiger partial charge in [0.05, 0.1) is 17.1 Å². The van der Waals surface area contributed by atoms with Crippen molar-refractivity contribution in [2.24, 2.45) is 5.92 Å². The first-order chi connectivity index (χ1) is 17.7. The second-order valence-electron chi connectivity index (χ2n) is 10.8. The Labute approximate surface area is 221 Å². The van der Waals surface area contributed by atoms with E-state index >= 15 is 0 Å². The number of carbonyl (C=O) groups is 2. The Bertz CT molecular complexity index is 1170. The second-order valence-corrected chi connectivity index (χ2v) is 12.8. The van der Waals surface area contributed by atoms with Crippen LogP contribution in [0.1, 0.15) is 45.1 Å². The third-order valence-electron chi connectivity index (χ3n) is 8.02. The Morgan fingerprint density at radius 2 is 1.68 bits per heavy atom. The molecule has 1 N–H and O–H groups in total. The predicted octanol–water partition coefficient (Wildman–Crippen LogP) is 3.30. The fourth-order valence-electron chi connectivity index (χ4n) is 5.80. The zero-order valence-corrected chi connectivity index (χ0v) is 22.9. The predicted molar refractivity (Wildman–Crippen MR) is 145 cm³/mol. The summed E-state index contributed by atoms with van der Waals surface area (Å²) >= 11 is 0. The van der Waals surface area contributed by atoms with Crippen LogP contribution >= 0.6 is 0 Å². The van der Waals surface area contributed by atoms with Crippen LogP contribution in [0.15, 0.2) is 65.6 Å². The number of amides is 2. The zero-order chi connectivity index (χ0) is 26.6. The SMILES string of the molecule is CC(C)N(C)[C@@H]1CC[C@H](N2CCC(NC(=O)Cc3ccccc3)C2=O)[C@H](CS(=O)(=O)c2ccccc2)C1. The van der Waals surface area contributed by atoms with E-state index in [2.05, 4.69) is 31.1 Å². The number of hydrogen-bond acceptors (Lipinski definition) is 5. The Morgan fingerprint density at radius 3 is 2.32 bits per heavy atom. The lowest BCUT2D eigenvalue weighted by Crippen LogP contribution is -2.53. The van der Waals surface area contributed by atoms with E-state index in [1.54, 1.807) is 24.3 Å². The van der Waals surface area contributed by atoms with E-state index in [0.29, 0.717) is 23.9 Å². The highest BCUT2D eigenvalue weighted by atomic mass is 32.2. The number of nitrogens with zero attached hydrogens (tertiary/aromatic N) is 2. The van der Waals surface area contributed by atoms with Gasteiger partial charge >= 0.3 is 0 Å². The van der Waals surface area contributed by atoms with E-state index < -0.39 is 15.9 Å².